The van der Waals surface area contributed by atoms with E-state index in [1.54, 1.807) is 4.90 Å². The van der Waals surface area contributed by atoms with Crippen LogP contribution in [0.1, 0.15) is 13.8 Å². The highest BCUT2D eigenvalue weighted by atomic mass is 32.1. The second-order valence-corrected chi connectivity index (χ2v) is 4.95. The van der Waals surface area contributed by atoms with E-state index in [0.717, 1.165) is 22.9 Å². The van der Waals surface area contributed by atoms with Crippen LogP contribution >= 0.6 is 12.2 Å². The zero-order valence-corrected chi connectivity index (χ0v) is 13.6. The van der Waals surface area contributed by atoms with Crippen LogP contribution in [-0.2, 0) is 0 Å². The minimum atomic E-state index is 0.285. The first kappa shape index (κ1) is 16.1. The Morgan fingerprint density at radius 2 is 1.23 bits per heavy atom. The Bertz CT molecular complexity index is 562. The predicted octanol–water partition coefficient (Wildman–Crippen LogP) is 3.87. The summed E-state index contributed by atoms with van der Waals surface area (Å²) in [4.78, 5) is 1.81. The van der Waals surface area contributed by atoms with Gasteiger partial charge in [0.2, 0.25) is 0 Å². The summed E-state index contributed by atoms with van der Waals surface area (Å²) in [6, 6.07) is 15.3. The molecule has 0 aliphatic carbocycles. The fraction of sp³-hybridized carbons (Fsp3) is 0.235. The summed E-state index contributed by atoms with van der Waals surface area (Å²) in [6.07, 6.45) is 0. The van der Waals surface area contributed by atoms with Crippen molar-refractivity contribution in [3.8, 4) is 11.5 Å². The van der Waals surface area contributed by atoms with Gasteiger partial charge in [0.05, 0.1) is 13.2 Å². The standard InChI is InChI=1S/C17H20N2O2S/c1-3-20-15-9-5-13(6-10-15)19(17(18)22)14-7-11-16(12-8-14)21-4-2/h5-12H,3-4H2,1-2H3,(H2,18,22). The van der Waals surface area contributed by atoms with E-state index >= 15 is 0 Å². The topological polar surface area (TPSA) is 47.7 Å². The van der Waals surface area contributed by atoms with Gasteiger partial charge in [0.15, 0.2) is 5.11 Å². The van der Waals surface area contributed by atoms with Crippen molar-refractivity contribution in [1.29, 1.82) is 0 Å². The lowest BCUT2D eigenvalue weighted by molar-refractivity contribution is 0.340. The Labute approximate surface area is 136 Å². The molecule has 0 unspecified atom stereocenters. The normalized spacial score (nSPS) is 10.1. The molecule has 0 amide bonds. The lowest BCUT2D eigenvalue weighted by Gasteiger charge is -2.23. The number of anilines is 2. The maximum atomic E-state index is 5.89. The second kappa shape index (κ2) is 7.66. The second-order valence-electron chi connectivity index (χ2n) is 4.53. The van der Waals surface area contributed by atoms with E-state index in [4.69, 9.17) is 27.4 Å². The average molecular weight is 316 g/mol. The number of nitrogens with zero attached hydrogens (tertiary/aromatic N) is 1. The summed E-state index contributed by atoms with van der Waals surface area (Å²) in [5, 5.41) is 0.285. The molecule has 2 rings (SSSR count). The van der Waals surface area contributed by atoms with Gasteiger partial charge in [-0.2, -0.15) is 0 Å². The van der Waals surface area contributed by atoms with E-state index in [9.17, 15) is 0 Å². The van der Waals surface area contributed by atoms with Crippen molar-refractivity contribution in [2.24, 2.45) is 5.73 Å². The van der Waals surface area contributed by atoms with Crippen LogP contribution in [-0.4, -0.2) is 18.3 Å². The minimum Gasteiger partial charge on any atom is -0.494 e. The number of benzene rings is 2. The Balaban J connectivity index is 2.27. The number of hydrogen-bond donors (Lipinski definition) is 1. The van der Waals surface area contributed by atoms with E-state index in [0.29, 0.717) is 13.2 Å². The van der Waals surface area contributed by atoms with Crippen LogP contribution in [0.4, 0.5) is 11.4 Å². The first-order valence-corrected chi connectivity index (χ1v) is 7.61. The van der Waals surface area contributed by atoms with Gasteiger partial charge in [-0.3, -0.25) is 4.90 Å². The third-order valence-corrected chi connectivity index (χ3v) is 3.21. The van der Waals surface area contributed by atoms with Crippen molar-refractivity contribution in [3.05, 3.63) is 48.5 Å². The Hall–Kier alpha value is -2.27. The molecule has 0 radical (unpaired) electrons. The van der Waals surface area contributed by atoms with Crippen molar-refractivity contribution >= 4 is 28.7 Å². The van der Waals surface area contributed by atoms with E-state index < -0.39 is 0 Å². The maximum absolute atomic E-state index is 5.89. The highest BCUT2D eigenvalue weighted by molar-refractivity contribution is 7.80. The Morgan fingerprint density at radius 1 is 0.864 bits per heavy atom. The molecule has 0 aliphatic rings. The summed E-state index contributed by atoms with van der Waals surface area (Å²) in [5.74, 6) is 1.64. The molecular weight excluding hydrogens is 296 g/mol. The first-order chi connectivity index (χ1) is 10.7. The molecule has 2 N–H and O–H groups in total. The van der Waals surface area contributed by atoms with Crippen LogP contribution < -0.4 is 20.1 Å². The predicted molar refractivity (Wildman–Crippen MR) is 94.1 cm³/mol. The van der Waals surface area contributed by atoms with Crippen LogP contribution in [0.15, 0.2) is 48.5 Å². The van der Waals surface area contributed by atoms with E-state index in [1.807, 2.05) is 62.4 Å². The highest BCUT2D eigenvalue weighted by Gasteiger charge is 2.12. The lowest BCUT2D eigenvalue weighted by Crippen LogP contribution is -2.31. The van der Waals surface area contributed by atoms with Crippen molar-refractivity contribution in [2.75, 3.05) is 18.1 Å². The van der Waals surface area contributed by atoms with Crippen LogP contribution in [0.2, 0.25) is 0 Å². The SMILES string of the molecule is CCOc1ccc(N(C(N)=S)c2ccc(OCC)cc2)cc1. The van der Waals surface area contributed by atoms with Gasteiger partial charge in [-0.1, -0.05) is 0 Å². The lowest BCUT2D eigenvalue weighted by atomic mass is 10.2. The maximum Gasteiger partial charge on any atom is 0.175 e. The molecular formula is C17H20N2O2S. The van der Waals surface area contributed by atoms with Gasteiger partial charge in [0.1, 0.15) is 11.5 Å². The average Bonchev–Trinajstić information content (AvgIpc) is 2.51. The van der Waals surface area contributed by atoms with Crippen LogP contribution in [0.25, 0.3) is 0 Å². The molecule has 5 heteroatoms. The van der Waals surface area contributed by atoms with Crippen molar-refractivity contribution in [1.82, 2.24) is 0 Å². The van der Waals surface area contributed by atoms with Gasteiger partial charge < -0.3 is 15.2 Å². The number of thiocarbonyl (C=S) groups is 1. The van der Waals surface area contributed by atoms with E-state index in [1.165, 1.54) is 0 Å². The number of nitrogens with two attached hydrogens (primary N) is 1. The molecule has 0 heterocycles. The van der Waals surface area contributed by atoms with Gasteiger partial charge in [0.25, 0.3) is 0 Å². The monoisotopic (exact) mass is 316 g/mol. The fourth-order valence-corrected chi connectivity index (χ4v) is 2.33. The summed E-state index contributed by atoms with van der Waals surface area (Å²) < 4.78 is 10.9. The highest BCUT2D eigenvalue weighted by Crippen LogP contribution is 2.28. The zero-order valence-electron chi connectivity index (χ0n) is 12.8. The largest absolute Gasteiger partial charge is 0.494 e. The quantitative estimate of drug-likeness (QED) is 0.820. The van der Waals surface area contributed by atoms with E-state index in [2.05, 4.69) is 0 Å². The van der Waals surface area contributed by atoms with E-state index in [-0.39, 0.29) is 5.11 Å². The fourth-order valence-electron chi connectivity index (χ4n) is 2.12. The number of hydrogen-bond acceptors (Lipinski definition) is 3. The summed E-state index contributed by atoms with van der Waals surface area (Å²) >= 11 is 5.19. The minimum absolute atomic E-state index is 0.285. The van der Waals surface area contributed by atoms with Gasteiger partial charge in [-0.15, -0.1) is 0 Å². The van der Waals surface area contributed by atoms with Gasteiger partial charge in [0, 0.05) is 11.4 Å². The summed E-state index contributed by atoms with van der Waals surface area (Å²) in [7, 11) is 0. The van der Waals surface area contributed by atoms with Crippen molar-refractivity contribution in [3.63, 3.8) is 0 Å². The third-order valence-electron chi connectivity index (χ3n) is 3.03. The molecule has 2 aromatic carbocycles. The molecule has 0 aromatic heterocycles. The molecule has 0 saturated heterocycles. The molecule has 0 bridgehead atoms. The first-order valence-electron chi connectivity index (χ1n) is 7.21. The molecule has 0 saturated carbocycles. The Kier molecular flexibility index (Phi) is 5.61. The van der Waals surface area contributed by atoms with Crippen molar-refractivity contribution in [2.45, 2.75) is 13.8 Å². The third kappa shape index (κ3) is 3.89. The van der Waals surface area contributed by atoms with Crippen molar-refractivity contribution < 1.29 is 9.47 Å². The smallest absolute Gasteiger partial charge is 0.175 e. The van der Waals surface area contributed by atoms with Gasteiger partial charge in [-0.25, -0.2) is 0 Å². The molecule has 22 heavy (non-hydrogen) atoms. The molecule has 0 spiro atoms. The number of ether oxygens (including phenoxy) is 2. The zero-order chi connectivity index (χ0) is 15.9. The van der Waals surface area contributed by atoms with Gasteiger partial charge in [-0.05, 0) is 74.6 Å². The number of rotatable bonds is 6. The Morgan fingerprint density at radius 3 is 1.50 bits per heavy atom. The molecule has 116 valence electrons. The van der Waals surface area contributed by atoms with Gasteiger partial charge >= 0.3 is 0 Å². The molecule has 4 nitrogen and oxygen atoms in total. The van der Waals surface area contributed by atoms with Crippen LogP contribution in [0.5, 0.6) is 11.5 Å². The summed E-state index contributed by atoms with van der Waals surface area (Å²) in [5.41, 5.74) is 7.67. The van der Waals surface area contributed by atoms with Crippen LogP contribution in [0.3, 0.4) is 0 Å². The van der Waals surface area contributed by atoms with Crippen LogP contribution in [0, 0.1) is 0 Å². The summed E-state index contributed by atoms with van der Waals surface area (Å²) in [6.45, 7) is 5.18. The molecule has 0 aliphatic heterocycles. The molecule has 0 atom stereocenters. The molecule has 2 aromatic rings. The molecule has 0 fully saturated rings.